The van der Waals surface area contributed by atoms with Gasteiger partial charge in [0.2, 0.25) is 0 Å². The maximum Gasteiger partial charge on any atom is 0.125 e. The van der Waals surface area contributed by atoms with Crippen LogP contribution in [0, 0.1) is 20.8 Å². The molecule has 2 aromatic rings. The average molecular weight is 325 g/mol. The average Bonchev–Trinajstić information content (AvgIpc) is 2.59. The number of aryl methyl sites for hydroxylation is 3. The van der Waals surface area contributed by atoms with E-state index in [0.29, 0.717) is 0 Å². The lowest BCUT2D eigenvalue weighted by Crippen LogP contribution is -2.05. The lowest BCUT2D eigenvalue weighted by Gasteiger charge is -2.08. The third-order valence-corrected chi connectivity index (χ3v) is 4.73. The van der Waals surface area contributed by atoms with Crippen molar-refractivity contribution in [3.8, 4) is 10.6 Å². The van der Waals surface area contributed by atoms with E-state index < -0.39 is 0 Å². The molecule has 0 saturated carbocycles. The van der Waals surface area contributed by atoms with Gasteiger partial charge in [-0.15, -0.1) is 11.3 Å². The molecule has 0 spiro atoms. The predicted molar refractivity (Wildman–Crippen MR) is 82.2 cm³/mol. The molecule has 0 unspecified atom stereocenters. The van der Waals surface area contributed by atoms with Crippen LogP contribution in [-0.2, 0) is 6.54 Å². The van der Waals surface area contributed by atoms with Crippen molar-refractivity contribution in [1.82, 2.24) is 10.3 Å². The molecule has 1 aromatic heterocycles. The number of hydrogen-bond acceptors (Lipinski definition) is 3. The molecule has 0 atom stereocenters. The molecule has 96 valence electrons. The summed E-state index contributed by atoms with van der Waals surface area (Å²) in [5, 5.41) is 4.24. The smallest absolute Gasteiger partial charge is 0.125 e. The van der Waals surface area contributed by atoms with Crippen LogP contribution < -0.4 is 5.32 Å². The number of thiazole rings is 1. The van der Waals surface area contributed by atoms with Gasteiger partial charge in [0, 0.05) is 12.1 Å². The second-order valence-corrected chi connectivity index (χ2v) is 6.86. The summed E-state index contributed by atoms with van der Waals surface area (Å²) >= 11 is 5.30. The molecule has 0 aliphatic heterocycles. The zero-order valence-corrected chi connectivity index (χ0v) is 13.5. The van der Waals surface area contributed by atoms with E-state index in [-0.39, 0.29) is 0 Å². The van der Waals surface area contributed by atoms with Gasteiger partial charge in [0.25, 0.3) is 0 Å². The number of rotatable bonds is 3. The number of benzene rings is 1. The molecule has 0 saturated heterocycles. The summed E-state index contributed by atoms with van der Waals surface area (Å²) < 4.78 is 1.12. The van der Waals surface area contributed by atoms with Crippen molar-refractivity contribution in [3.63, 3.8) is 0 Å². The SMILES string of the molecule is CNCc1nc(-c2c(C)cc(C)cc2C)sc1Br. The highest BCUT2D eigenvalue weighted by Crippen LogP contribution is 2.35. The molecule has 0 radical (unpaired) electrons. The summed E-state index contributed by atoms with van der Waals surface area (Å²) in [6, 6.07) is 4.44. The minimum Gasteiger partial charge on any atom is -0.314 e. The van der Waals surface area contributed by atoms with Gasteiger partial charge in [0.05, 0.1) is 9.48 Å². The van der Waals surface area contributed by atoms with Crippen molar-refractivity contribution >= 4 is 27.3 Å². The number of aromatic nitrogens is 1. The second-order valence-electron chi connectivity index (χ2n) is 4.54. The largest absolute Gasteiger partial charge is 0.314 e. The highest BCUT2D eigenvalue weighted by Gasteiger charge is 2.14. The molecule has 4 heteroatoms. The Balaban J connectivity index is 2.52. The van der Waals surface area contributed by atoms with E-state index in [4.69, 9.17) is 4.98 Å². The van der Waals surface area contributed by atoms with E-state index in [1.165, 1.54) is 22.3 Å². The molecule has 2 rings (SSSR count). The van der Waals surface area contributed by atoms with Crippen LogP contribution in [0.25, 0.3) is 10.6 Å². The van der Waals surface area contributed by atoms with Gasteiger partial charge in [-0.3, -0.25) is 0 Å². The van der Waals surface area contributed by atoms with Crippen molar-refractivity contribution in [2.45, 2.75) is 27.3 Å². The van der Waals surface area contributed by atoms with E-state index in [1.54, 1.807) is 11.3 Å². The van der Waals surface area contributed by atoms with Crippen LogP contribution in [0.3, 0.4) is 0 Å². The van der Waals surface area contributed by atoms with Crippen LogP contribution in [-0.4, -0.2) is 12.0 Å². The van der Waals surface area contributed by atoms with Gasteiger partial charge in [0.15, 0.2) is 0 Å². The molecular weight excluding hydrogens is 308 g/mol. The highest BCUT2D eigenvalue weighted by molar-refractivity contribution is 9.11. The van der Waals surface area contributed by atoms with Crippen molar-refractivity contribution in [2.24, 2.45) is 0 Å². The van der Waals surface area contributed by atoms with Crippen molar-refractivity contribution < 1.29 is 0 Å². The Kier molecular flexibility index (Phi) is 4.20. The Hall–Kier alpha value is -0.710. The van der Waals surface area contributed by atoms with Gasteiger partial charge in [-0.2, -0.15) is 0 Å². The van der Waals surface area contributed by atoms with Gasteiger partial charge < -0.3 is 5.32 Å². The first-order valence-corrected chi connectivity index (χ1v) is 7.52. The fraction of sp³-hybridized carbons (Fsp3) is 0.357. The summed E-state index contributed by atoms with van der Waals surface area (Å²) in [6.07, 6.45) is 0. The van der Waals surface area contributed by atoms with Crippen LogP contribution in [0.1, 0.15) is 22.4 Å². The number of nitrogens with one attached hydrogen (secondary N) is 1. The van der Waals surface area contributed by atoms with Gasteiger partial charge in [-0.05, 0) is 54.9 Å². The molecule has 2 nitrogen and oxygen atoms in total. The monoisotopic (exact) mass is 324 g/mol. The zero-order valence-electron chi connectivity index (χ0n) is 11.1. The summed E-state index contributed by atoms with van der Waals surface area (Å²) in [5.74, 6) is 0. The fourth-order valence-corrected chi connectivity index (χ4v) is 3.91. The first-order valence-electron chi connectivity index (χ1n) is 5.91. The van der Waals surface area contributed by atoms with Crippen molar-refractivity contribution in [3.05, 3.63) is 38.3 Å². The van der Waals surface area contributed by atoms with Crippen LogP contribution in [0.2, 0.25) is 0 Å². The van der Waals surface area contributed by atoms with Crippen LogP contribution in [0.15, 0.2) is 15.9 Å². The molecule has 1 N–H and O–H groups in total. The van der Waals surface area contributed by atoms with Gasteiger partial charge in [0.1, 0.15) is 5.01 Å². The lowest BCUT2D eigenvalue weighted by molar-refractivity contribution is 0.795. The molecular formula is C14H17BrN2S. The Morgan fingerprint density at radius 1 is 1.22 bits per heavy atom. The lowest BCUT2D eigenvalue weighted by atomic mass is 10.0. The standard InChI is InChI=1S/C14H17BrN2S/c1-8-5-9(2)12(10(3)6-8)14-17-11(7-16-4)13(15)18-14/h5-6,16H,7H2,1-4H3. The Morgan fingerprint density at radius 2 is 1.83 bits per heavy atom. The molecule has 0 aliphatic rings. The van der Waals surface area contributed by atoms with E-state index >= 15 is 0 Å². The summed E-state index contributed by atoms with van der Waals surface area (Å²) in [7, 11) is 1.94. The number of halogens is 1. The fourth-order valence-electron chi connectivity index (χ4n) is 2.23. The molecule has 0 bridgehead atoms. The van der Waals surface area contributed by atoms with Crippen molar-refractivity contribution in [2.75, 3.05) is 7.05 Å². The quantitative estimate of drug-likeness (QED) is 0.914. The maximum absolute atomic E-state index is 4.73. The normalized spacial score (nSPS) is 10.9. The topological polar surface area (TPSA) is 24.9 Å². The van der Waals surface area contributed by atoms with E-state index in [0.717, 1.165) is 21.0 Å². The number of hydrogen-bond donors (Lipinski definition) is 1. The van der Waals surface area contributed by atoms with Gasteiger partial charge >= 0.3 is 0 Å². The summed E-state index contributed by atoms with van der Waals surface area (Å²) in [6.45, 7) is 7.24. The second kappa shape index (κ2) is 5.51. The van der Waals surface area contributed by atoms with Gasteiger partial charge in [-0.25, -0.2) is 4.98 Å². The minimum absolute atomic E-state index is 0.793. The minimum atomic E-state index is 0.793. The third kappa shape index (κ3) is 2.66. The molecule has 18 heavy (non-hydrogen) atoms. The van der Waals surface area contributed by atoms with Crippen LogP contribution in [0.4, 0.5) is 0 Å². The number of nitrogens with zero attached hydrogens (tertiary/aromatic N) is 1. The third-order valence-electron chi connectivity index (χ3n) is 2.88. The first kappa shape index (κ1) is 13.7. The zero-order chi connectivity index (χ0) is 13.3. The first-order chi connectivity index (χ1) is 8.52. The van der Waals surface area contributed by atoms with E-state index in [2.05, 4.69) is 54.2 Å². The van der Waals surface area contributed by atoms with E-state index in [1.807, 2.05) is 7.05 Å². The predicted octanol–water partition coefficient (Wildman–Crippen LogP) is 4.22. The Labute approximate surface area is 121 Å². The molecule has 0 fully saturated rings. The van der Waals surface area contributed by atoms with Crippen molar-refractivity contribution in [1.29, 1.82) is 0 Å². The van der Waals surface area contributed by atoms with E-state index in [9.17, 15) is 0 Å². The summed E-state index contributed by atoms with van der Waals surface area (Å²) in [4.78, 5) is 4.73. The molecule has 1 aromatic carbocycles. The molecule has 1 heterocycles. The van der Waals surface area contributed by atoms with Crippen LogP contribution in [0.5, 0.6) is 0 Å². The molecule has 0 amide bonds. The Bertz CT molecular complexity index is 552. The summed E-state index contributed by atoms with van der Waals surface area (Å²) in [5.41, 5.74) is 6.25. The van der Waals surface area contributed by atoms with Gasteiger partial charge in [-0.1, -0.05) is 17.7 Å². The van der Waals surface area contributed by atoms with Crippen LogP contribution >= 0.6 is 27.3 Å². The molecule has 0 aliphatic carbocycles. The maximum atomic E-state index is 4.73. The Morgan fingerprint density at radius 3 is 2.39 bits per heavy atom. The highest BCUT2D eigenvalue weighted by atomic mass is 79.9.